The van der Waals surface area contributed by atoms with Crippen molar-refractivity contribution in [2.45, 2.75) is 19.8 Å². The summed E-state index contributed by atoms with van der Waals surface area (Å²) >= 11 is 0. The number of rotatable bonds is 9. The van der Waals surface area contributed by atoms with E-state index in [1.165, 1.54) is 0 Å². The van der Waals surface area contributed by atoms with Crippen LogP contribution in [0.25, 0.3) is 11.6 Å². The van der Waals surface area contributed by atoms with E-state index < -0.39 is 0 Å². The van der Waals surface area contributed by atoms with Crippen LogP contribution in [0, 0.1) is 0 Å². The molecule has 0 unspecified atom stereocenters. The van der Waals surface area contributed by atoms with Crippen LogP contribution < -0.4 is 9.47 Å². The summed E-state index contributed by atoms with van der Waals surface area (Å²) in [5.74, 6) is 1.77. The summed E-state index contributed by atoms with van der Waals surface area (Å²) in [4.78, 5) is 0. The average molecular weight is 308 g/mol. The van der Waals surface area contributed by atoms with Gasteiger partial charge in [-0.15, -0.1) is 0 Å². The molecule has 0 spiro atoms. The van der Waals surface area contributed by atoms with E-state index in [-0.39, 0.29) is 0 Å². The van der Waals surface area contributed by atoms with Crippen LogP contribution in [0.5, 0.6) is 11.5 Å². The minimum Gasteiger partial charge on any atom is -0.494 e. The molecule has 0 N–H and O–H groups in total. The van der Waals surface area contributed by atoms with Crippen LogP contribution in [-0.4, -0.2) is 13.2 Å². The molecule has 0 heterocycles. The van der Waals surface area contributed by atoms with Gasteiger partial charge in [-0.1, -0.05) is 50.4 Å². The highest BCUT2D eigenvalue weighted by molar-refractivity contribution is 5.63. The Morgan fingerprint density at radius 2 is 1.48 bits per heavy atom. The summed E-state index contributed by atoms with van der Waals surface area (Å²) in [6.07, 6.45) is 3.62. The lowest BCUT2D eigenvalue weighted by Crippen LogP contribution is -1.99. The lowest BCUT2D eigenvalue weighted by Gasteiger charge is -2.10. The second-order valence-corrected chi connectivity index (χ2v) is 5.35. The molecular weight excluding hydrogens is 284 g/mol. The predicted octanol–water partition coefficient (Wildman–Crippen LogP) is 5.60. The van der Waals surface area contributed by atoms with E-state index in [0.29, 0.717) is 6.61 Å². The summed E-state index contributed by atoms with van der Waals surface area (Å²) in [5, 5.41) is 0. The van der Waals surface area contributed by atoms with Gasteiger partial charge in [0.25, 0.3) is 0 Å². The molecule has 23 heavy (non-hydrogen) atoms. The van der Waals surface area contributed by atoms with E-state index in [9.17, 15) is 0 Å². The van der Waals surface area contributed by atoms with Gasteiger partial charge in [-0.05, 0) is 47.4 Å². The minimum atomic E-state index is 0.611. The van der Waals surface area contributed by atoms with Gasteiger partial charge in [0, 0.05) is 6.42 Å². The second-order valence-electron chi connectivity index (χ2n) is 5.35. The van der Waals surface area contributed by atoms with Crippen LogP contribution in [0.2, 0.25) is 0 Å². The zero-order chi connectivity index (χ0) is 16.5. The van der Waals surface area contributed by atoms with Gasteiger partial charge in [-0.25, -0.2) is 0 Å². The van der Waals surface area contributed by atoms with Crippen molar-refractivity contribution in [2.24, 2.45) is 0 Å². The van der Waals surface area contributed by atoms with Crippen molar-refractivity contribution in [3.05, 3.63) is 72.8 Å². The predicted molar refractivity (Wildman–Crippen MR) is 97.9 cm³/mol. The van der Waals surface area contributed by atoms with Crippen molar-refractivity contribution in [1.82, 2.24) is 0 Å². The largest absolute Gasteiger partial charge is 0.494 e. The van der Waals surface area contributed by atoms with Crippen molar-refractivity contribution in [3.8, 4) is 11.5 Å². The molecule has 2 aromatic rings. The molecule has 2 nitrogen and oxygen atoms in total. The Bertz CT molecular complexity index is 624. The Morgan fingerprint density at radius 1 is 0.913 bits per heavy atom. The van der Waals surface area contributed by atoms with Gasteiger partial charge < -0.3 is 9.47 Å². The monoisotopic (exact) mass is 308 g/mol. The van der Waals surface area contributed by atoms with Crippen LogP contribution in [0.4, 0.5) is 0 Å². The van der Waals surface area contributed by atoms with Crippen molar-refractivity contribution in [3.63, 3.8) is 0 Å². The molecule has 0 fully saturated rings. The lowest BCUT2D eigenvalue weighted by atomic mass is 10.1. The van der Waals surface area contributed by atoms with E-state index in [1.54, 1.807) is 0 Å². The Kier molecular flexibility index (Phi) is 6.49. The molecule has 2 aromatic carbocycles. The van der Waals surface area contributed by atoms with Crippen molar-refractivity contribution >= 4 is 11.6 Å². The van der Waals surface area contributed by atoms with Gasteiger partial charge in [-0.2, -0.15) is 0 Å². The average Bonchev–Trinajstić information content (AvgIpc) is 2.61. The molecule has 0 radical (unpaired) electrons. The normalized spacial score (nSPS) is 10.1. The minimum absolute atomic E-state index is 0.611. The van der Waals surface area contributed by atoms with Gasteiger partial charge in [0.1, 0.15) is 11.5 Å². The maximum absolute atomic E-state index is 5.75. The highest BCUT2D eigenvalue weighted by Crippen LogP contribution is 2.21. The third kappa shape index (κ3) is 5.33. The molecule has 0 saturated heterocycles. The summed E-state index contributed by atoms with van der Waals surface area (Å²) in [6, 6.07) is 16.0. The number of hydrogen-bond donors (Lipinski definition) is 0. The number of hydrogen-bond acceptors (Lipinski definition) is 2. The van der Waals surface area contributed by atoms with Crippen LogP contribution in [-0.2, 0) is 0 Å². The summed E-state index contributed by atoms with van der Waals surface area (Å²) in [6.45, 7) is 11.3. The molecule has 0 bridgehead atoms. The molecule has 0 aliphatic carbocycles. The van der Waals surface area contributed by atoms with Gasteiger partial charge in [0.05, 0.1) is 13.2 Å². The maximum atomic E-state index is 5.75. The van der Waals surface area contributed by atoms with E-state index >= 15 is 0 Å². The molecule has 0 aliphatic heterocycles. The highest BCUT2D eigenvalue weighted by atomic mass is 16.5. The molecule has 0 amide bonds. The molecule has 0 aliphatic rings. The zero-order valence-corrected chi connectivity index (χ0v) is 13.8. The van der Waals surface area contributed by atoms with Gasteiger partial charge in [-0.3, -0.25) is 0 Å². The number of ether oxygens (including phenoxy) is 2. The molecule has 0 saturated carbocycles. The summed E-state index contributed by atoms with van der Waals surface area (Å²) < 4.78 is 11.3. The first-order chi connectivity index (χ1) is 11.2. The van der Waals surface area contributed by atoms with Crippen molar-refractivity contribution < 1.29 is 9.47 Å². The van der Waals surface area contributed by atoms with E-state index in [4.69, 9.17) is 9.47 Å². The van der Waals surface area contributed by atoms with Crippen LogP contribution in [0.3, 0.4) is 0 Å². The maximum Gasteiger partial charge on any atom is 0.119 e. The zero-order valence-electron chi connectivity index (χ0n) is 13.8. The molecule has 2 heteroatoms. The SMILES string of the molecule is C=Cc1ccc(OCCC(=C)c2ccc(OCCC)cc2)cc1. The van der Waals surface area contributed by atoms with E-state index in [1.807, 2.05) is 54.6 Å². The fraction of sp³-hybridized carbons (Fsp3) is 0.238. The Morgan fingerprint density at radius 3 is 2.04 bits per heavy atom. The van der Waals surface area contributed by atoms with Gasteiger partial charge in [0.15, 0.2) is 0 Å². The smallest absolute Gasteiger partial charge is 0.119 e. The molecule has 0 atom stereocenters. The Balaban J connectivity index is 1.80. The Hall–Kier alpha value is -2.48. The molecular formula is C21H24O2. The third-order valence-electron chi connectivity index (χ3n) is 3.52. The lowest BCUT2D eigenvalue weighted by molar-refractivity contribution is 0.317. The number of benzene rings is 2. The highest BCUT2D eigenvalue weighted by Gasteiger charge is 2.01. The van der Waals surface area contributed by atoms with E-state index in [0.717, 1.165) is 47.6 Å². The first kappa shape index (κ1) is 16.9. The van der Waals surface area contributed by atoms with Crippen molar-refractivity contribution in [2.75, 3.05) is 13.2 Å². The van der Waals surface area contributed by atoms with Gasteiger partial charge in [0.2, 0.25) is 0 Å². The van der Waals surface area contributed by atoms with Crippen LogP contribution >= 0.6 is 0 Å². The fourth-order valence-electron chi connectivity index (χ4n) is 2.14. The molecule has 120 valence electrons. The summed E-state index contributed by atoms with van der Waals surface area (Å²) in [5.41, 5.74) is 3.28. The van der Waals surface area contributed by atoms with Crippen LogP contribution in [0.1, 0.15) is 30.9 Å². The first-order valence-corrected chi connectivity index (χ1v) is 7.99. The third-order valence-corrected chi connectivity index (χ3v) is 3.52. The summed E-state index contributed by atoms with van der Waals surface area (Å²) in [7, 11) is 0. The van der Waals surface area contributed by atoms with E-state index in [2.05, 4.69) is 20.1 Å². The Labute approximate surface area is 139 Å². The topological polar surface area (TPSA) is 18.5 Å². The van der Waals surface area contributed by atoms with Crippen molar-refractivity contribution in [1.29, 1.82) is 0 Å². The first-order valence-electron chi connectivity index (χ1n) is 7.99. The fourth-order valence-corrected chi connectivity index (χ4v) is 2.14. The standard InChI is InChI=1S/C21H24O2/c1-4-15-22-21-12-8-19(9-13-21)17(3)14-16-23-20-10-6-18(5-2)7-11-20/h5-13H,2-4,14-16H2,1H3. The van der Waals surface area contributed by atoms with Gasteiger partial charge >= 0.3 is 0 Å². The molecule has 2 rings (SSSR count). The second kappa shape index (κ2) is 8.84. The van der Waals surface area contributed by atoms with Crippen LogP contribution in [0.15, 0.2) is 61.7 Å². The molecule has 0 aromatic heterocycles. The quantitative estimate of drug-likeness (QED) is 0.600.